The molecule has 0 aliphatic heterocycles. The third kappa shape index (κ3) is 3.99. The molecular weight excluding hydrogens is 190 g/mol. The van der Waals surface area contributed by atoms with Gasteiger partial charge in [0.1, 0.15) is 0 Å². The van der Waals surface area contributed by atoms with Crippen LogP contribution in [0.25, 0.3) is 0 Å². The smallest absolute Gasteiger partial charge is 0.188 e. The van der Waals surface area contributed by atoms with Gasteiger partial charge in [0.25, 0.3) is 0 Å². The number of nitrogens with one attached hydrogen (secondary N) is 1. The van der Waals surface area contributed by atoms with Gasteiger partial charge in [0.05, 0.1) is 12.6 Å². The van der Waals surface area contributed by atoms with Gasteiger partial charge in [-0.25, -0.2) is 0 Å². The van der Waals surface area contributed by atoms with Crippen LogP contribution in [0.3, 0.4) is 0 Å². The average Bonchev–Trinajstić information content (AvgIpc) is 2.27. The highest BCUT2D eigenvalue weighted by Crippen LogP contribution is 2.11. The van der Waals surface area contributed by atoms with Crippen molar-refractivity contribution in [2.75, 3.05) is 13.1 Å². The largest absolute Gasteiger partial charge is 0.386 e. The summed E-state index contributed by atoms with van der Waals surface area (Å²) in [4.78, 5) is 4.02. The highest BCUT2D eigenvalue weighted by molar-refractivity contribution is 5.77. The summed E-state index contributed by atoms with van der Waals surface area (Å²) in [5.41, 5.74) is 6.39. The van der Waals surface area contributed by atoms with Gasteiger partial charge < -0.3 is 16.2 Å². The lowest BCUT2D eigenvalue weighted by Crippen LogP contribution is -2.31. The zero-order valence-corrected chi connectivity index (χ0v) is 8.85. The number of nitrogens with two attached hydrogens (primary N) is 1. The van der Waals surface area contributed by atoms with E-state index in [0.717, 1.165) is 12.1 Å². The summed E-state index contributed by atoms with van der Waals surface area (Å²) in [5.74, 6) is 0.368. The molecule has 1 aromatic carbocycles. The lowest BCUT2D eigenvalue weighted by Gasteiger charge is -2.08. The van der Waals surface area contributed by atoms with Gasteiger partial charge in [-0.15, -0.1) is 0 Å². The minimum Gasteiger partial charge on any atom is -0.386 e. The minimum absolute atomic E-state index is 0.281. The SMILES string of the molecule is CCNC(N)=NCC(O)c1ccccc1. The molecule has 82 valence electrons. The van der Waals surface area contributed by atoms with Crippen molar-refractivity contribution in [3.8, 4) is 0 Å². The van der Waals surface area contributed by atoms with Crippen LogP contribution in [0.1, 0.15) is 18.6 Å². The zero-order valence-electron chi connectivity index (χ0n) is 8.85. The van der Waals surface area contributed by atoms with Gasteiger partial charge in [0.2, 0.25) is 0 Å². The Balaban J connectivity index is 2.49. The Hall–Kier alpha value is -1.55. The van der Waals surface area contributed by atoms with Crippen LogP contribution in [0.2, 0.25) is 0 Å². The lowest BCUT2D eigenvalue weighted by atomic mass is 10.1. The van der Waals surface area contributed by atoms with E-state index in [4.69, 9.17) is 5.73 Å². The van der Waals surface area contributed by atoms with Crippen molar-refractivity contribution >= 4 is 5.96 Å². The molecule has 0 radical (unpaired) electrons. The molecule has 0 bridgehead atoms. The third-order valence-electron chi connectivity index (χ3n) is 1.98. The highest BCUT2D eigenvalue weighted by atomic mass is 16.3. The Morgan fingerprint density at radius 3 is 2.73 bits per heavy atom. The van der Waals surface area contributed by atoms with Crippen LogP contribution in [0.4, 0.5) is 0 Å². The van der Waals surface area contributed by atoms with E-state index in [0.29, 0.717) is 5.96 Å². The molecule has 4 nitrogen and oxygen atoms in total. The van der Waals surface area contributed by atoms with Crippen LogP contribution in [0.15, 0.2) is 35.3 Å². The first-order valence-corrected chi connectivity index (χ1v) is 5.00. The normalized spacial score (nSPS) is 13.6. The number of rotatable bonds is 4. The van der Waals surface area contributed by atoms with Crippen molar-refractivity contribution in [1.82, 2.24) is 5.32 Å². The Labute approximate surface area is 89.8 Å². The van der Waals surface area contributed by atoms with Crippen LogP contribution in [-0.4, -0.2) is 24.2 Å². The number of nitrogens with zero attached hydrogens (tertiary/aromatic N) is 1. The van der Waals surface area contributed by atoms with Crippen molar-refractivity contribution in [2.24, 2.45) is 10.7 Å². The fraction of sp³-hybridized carbons (Fsp3) is 0.364. The second-order valence-corrected chi connectivity index (χ2v) is 3.18. The molecule has 0 heterocycles. The number of aliphatic hydroxyl groups excluding tert-OH is 1. The van der Waals surface area contributed by atoms with Crippen LogP contribution >= 0.6 is 0 Å². The number of hydrogen-bond donors (Lipinski definition) is 3. The number of hydrogen-bond acceptors (Lipinski definition) is 2. The lowest BCUT2D eigenvalue weighted by molar-refractivity contribution is 0.187. The van der Waals surface area contributed by atoms with E-state index in [9.17, 15) is 5.11 Å². The van der Waals surface area contributed by atoms with Gasteiger partial charge in [0, 0.05) is 6.54 Å². The fourth-order valence-corrected chi connectivity index (χ4v) is 1.20. The standard InChI is InChI=1S/C11H17N3O/c1-2-13-11(12)14-8-10(15)9-6-4-3-5-7-9/h3-7,10,15H,2,8H2,1H3,(H3,12,13,14). The Morgan fingerprint density at radius 1 is 1.47 bits per heavy atom. The Morgan fingerprint density at radius 2 is 2.13 bits per heavy atom. The molecule has 1 aromatic rings. The molecule has 4 heteroatoms. The van der Waals surface area contributed by atoms with Crippen LogP contribution in [-0.2, 0) is 0 Å². The monoisotopic (exact) mass is 207 g/mol. The molecule has 0 aliphatic rings. The molecule has 0 fully saturated rings. The summed E-state index contributed by atoms with van der Waals surface area (Å²) in [6.07, 6.45) is -0.594. The average molecular weight is 207 g/mol. The first-order chi connectivity index (χ1) is 7.24. The Kier molecular flexibility index (Phi) is 4.63. The van der Waals surface area contributed by atoms with Gasteiger partial charge >= 0.3 is 0 Å². The van der Waals surface area contributed by atoms with E-state index in [-0.39, 0.29) is 6.54 Å². The van der Waals surface area contributed by atoms with E-state index in [2.05, 4.69) is 10.3 Å². The summed E-state index contributed by atoms with van der Waals surface area (Å²) in [7, 11) is 0. The van der Waals surface area contributed by atoms with E-state index in [1.54, 1.807) is 0 Å². The topological polar surface area (TPSA) is 70.6 Å². The second kappa shape index (κ2) is 6.03. The molecule has 1 atom stereocenters. The predicted molar refractivity (Wildman–Crippen MR) is 61.6 cm³/mol. The van der Waals surface area contributed by atoms with Crippen LogP contribution in [0.5, 0.6) is 0 Å². The quantitative estimate of drug-likeness (QED) is 0.501. The Bertz CT molecular complexity index is 311. The summed E-state index contributed by atoms with van der Waals surface area (Å²) < 4.78 is 0. The predicted octanol–water partition coefficient (Wildman–Crippen LogP) is 0.644. The number of guanidine groups is 1. The van der Waals surface area contributed by atoms with Crippen molar-refractivity contribution < 1.29 is 5.11 Å². The van der Waals surface area contributed by atoms with Gasteiger partial charge in [-0.3, -0.25) is 4.99 Å². The highest BCUT2D eigenvalue weighted by Gasteiger charge is 2.05. The molecular formula is C11H17N3O. The van der Waals surface area contributed by atoms with Gasteiger partial charge in [-0.2, -0.15) is 0 Å². The summed E-state index contributed by atoms with van der Waals surface area (Å²) >= 11 is 0. The van der Waals surface area contributed by atoms with Crippen LogP contribution in [0, 0.1) is 0 Å². The summed E-state index contributed by atoms with van der Waals surface area (Å²) in [5, 5.41) is 12.6. The first kappa shape index (κ1) is 11.5. The van der Waals surface area contributed by atoms with Gasteiger partial charge in [-0.05, 0) is 12.5 Å². The maximum Gasteiger partial charge on any atom is 0.188 e. The third-order valence-corrected chi connectivity index (χ3v) is 1.98. The first-order valence-electron chi connectivity index (χ1n) is 5.00. The van der Waals surface area contributed by atoms with Crippen molar-refractivity contribution in [3.05, 3.63) is 35.9 Å². The number of aliphatic imine (C=N–C) groups is 1. The number of aliphatic hydroxyl groups is 1. The zero-order chi connectivity index (χ0) is 11.1. The molecule has 1 unspecified atom stereocenters. The molecule has 4 N–H and O–H groups in total. The summed E-state index contributed by atoms with van der Waals surface area (Å²) in [6, 6.07) is 9.41. The van der Waals surface area contributed by atoms with E-state index < -0.39 is 6.10 Å². The van der Waals surface area contributed by atoms with Crippen LogP contribution < -0.4 is 11.1 Å². The van der Waals surface area contributed by atoms with E-state index >= 15 is 0 Å². The van der Waals surface area contributed by atoms with Gasteiger partial charge in [-0.1, -0.05) is 30.3 Å². The molecule has 0 spiro atoms. The van der Waals surface area contributed by atoms with E-state index in [1.807, 2.05) is 37.3 Å². The van der Waals surface area contributed by atoms with Gasteiger partial charge in [0.15, 0.2) is 5.96 Å². The fourth-order valence-electron chi connectivity index (χ4n) is 1.20. The van der Waals surface area contributed by atoms with Crippen molar-refractivity contribution in [3.63, 3.8) is 0 Å². The summed E-state index contributed by atoms with van der Waals surface area (Å²) in [6.45, 7) is 2.95. The maximum absolute atomic E-state index is 9.75. The van der Waals surface area contributed by atoms with Crippen molar-refractivity contribution in [2.45, 2.75) is 13.0 Å². The van der Waals surface area contributed by atoms with E-state index in [1.165, 1.54) is 0 Å². The minimum atomic E-state index is -0.594. The molecule has 0 aromatic heterocycles. The molecule has 1 rings (SSSR count). The molecule has 15 heavy (non-hydrogen) atoms. The molecule has 0 saturated carbocycles. The maximum atomic E-state index is 9.75. The molecule has 0 saturated heterocycles. The molecule has 0 amide bonds. The number of benzene rings is 1. The second-order valence-electron chi connectivity index (χ2n) is 3.18. The molecule has 0 aliphatic carbocycles. The van der Waals surface area contributed by atoms with Crippen molar-refractivity contribution in [1.29, 1.82) is 0 Å².